The second-order valence-corrected chi connectivity index (χ2v) is 7.38. The number of carbonyl (C=O) groups is 2. The highest BCUT2D eigenvalue weighted by Crippen LogP contribution is 2.17. The lowest BCUT2D eigenvalue weighted by molar-refractivity contribution is -0.142. The van der Waals surface area contributed by atoms with E-state index in [2.05, 4.69) is 5.32 Å². The number of carbonyl (C=O) groups excluding carboxylic acids is 2. The van der Waals surface area contributed by atoms with Crippen LogP contribution in [-0.2, 0) is 16.1 Å². The molecule has 0 fully saturated rings. The molecule has 0 radical (unpaired) electrons. The molecule has 0 aliphatic rings. The van der Waals surface area contributed by atoms with Crippen molar-refractivity contribution in [1.29, 1.82) is 0 Å². The quantitative estimate of drug-likeness (QED) is 0.721. The van der Waals surface area contributed by atoms with Crippen LogP contribution in [0.3, 0.4) is 0 Å². The van der Waals surface area contributed by atoms with Gasteiger partial charge in [0.2, 0.25) is 5.91 Å². The first-order valence-electron chi connectivity index (χ1n) is 9.68. The number of amides is 2. The Kier molecular flexibility index (Phi) is 8.05. The molecule has 1 atom stereocenters. The van der Waals surface area contributed by atoms with E-state index in [9.17, 15) is 9.59 Å². The summed E-state index contributed by atoms with van der Waals surface area (Å²) in [6.45, 7) is 8.58. The molecule has 0 aliphatic carbocycles. The van der Waals surface area contributed by atoms with E-state index in [1.807, 2.05) is 75.4 Å². The van der Waals surface area contributed by atoms with E-state index in [0.29, 0.717) is 24.8 Å². The van der Waals surface area contributed by atoms with Crippen molar-refractivity contribution in [2.75, 3.05) is 13.2 Å². The highest BCUT2D eigenvalue weighted by molar-refractivity contribution is 5.88. The molecule has 2 aromatic rings. The van der Waals surface area contributed by atoms with Gasteiger partial charge in [-0.2, -0.15) is 0 Å². The number of benzene rings is 2. The molecule has 150 valence electrons. The van der Waals surface area contributed by atoms with Crippen molar-refractivity contribution in [2.45, 2.75) is 40.3 Å². The highest BCUT2D eigenvalue weighted by atomic mass is 16.5. The second-order valence-electron chi connectivity index (χ2n) is 7.38. The van der Waals surface area contributed by atoms with Gasteiger partial charge < -0.3 is 15.0 Å². The molecule has 0 aliphatic heterocycles. The van der Waals surface area contributed by atoms with Gasteiger partial charge in [-0.3, -0.25) is 9.59 Å². The number of hydrogen-bond acceptors (Lipinski definition) is 3. The molecule has 0 spiro atoms. The first-order chi connectivity index (χ1) is 13.4. The summed E-state index contributed by atoms with van der Waals surface area (Å²) in [5, 5.41) is 2.91. The zero-order chi connectivity index (χ0) is 20.5. The molecule has 0 bridgehead atoms. The SMILES string of the molecule is Cc1ccccc1OCC(=O)N(Cc1ccccc1)[C@H](C)C(=O)NCC(C)C. The Morgan fingerprint density at radius 1 is 1.00 bits per heavy atom. The van der Waals surface area contributed by atoms with Crippen LogP contribution in [0.5, 0.6) is 5.75 Å². The molecule has 28 heavy (non-hydrogen) atoms. The predicted molar refractivity (Wildman–Crippen MR) is 111 cm³/mol. The minimum atomic E-state index is -0.591. The van der Waals surface area contributed by atoms with Crippen molar-refractivity contribution in [2.24, 2.45) is 5.92 Å². The lowest BCUT2D eigenvalue weighted by Crippen LogP contribution is -2.49. The Morgan fingerprint density at radius 3 is 2.29 bits per heavy atom. The van der Waals surface area contributed by atoms with Gasteiger partial charge in [0.05, 0.1) is 0 Å². The van der Waals surface area contributed by atoms with Crippen LogP contribution in [0.2, 0.25) is 0 Å². The van der Waals surface area contributed by atoms with Gasteiger partial charge in [-0.25, -0.2) is 0 Å². The van der Waals surface area contributed by atoms with Crippen LogP contribution in [0.1, 0.15) is 31.9 Å². The molecule has 2 rings (SSSR count). The Labute approximate surface area is 167 Å². The van der Waals surface area contributed by atoms with E-state index in [-0.39, 0.29) is 18.4 Å². The third kappa shape index (κ3) is 6.41. The largest absolute Gasteiger partial charge is 0.484 e. The van der Waals surface area contributed by atoms with Crippen LogP contribution in [0.25, 0.3) is 0 Å². The molecule has 5 nitrogen and oxygen atoms in total. The van der Waals surface area contributed by atoms with Crippen molar-refractivity contribution in [3.8, 4) is 5.75 Å². The van der Waals surface area contributed by atoms with Gasteiger partial charge in [-0.05, 0) is 37.0 Å². The van der Waals surface area contributed by atoms with Gasteiger partial charge in [-0.1, -0.05) is 62.4 Å². The first kappa shape index (κ1) is 21.5. The number of hydrogen-bond donors (Lipinski definition) is 1. The maximum atomic E-state index is 12.9. The molecule has 0 heterocycles. The van der Waals surface area contributed by atoms with E-state index >= 15 is 0 Å². The van der Waals surface area contributed by atoms with Gasteiger partial charge in [0.1, 0.15) is 11.8 Å². The topological polar surface area (TPSA) is 58.6 Å². The zero-order valence-corrected chi connectivity index (χ0v) is 17.1. The van der Waals surface area contributed by atoms with Crippen LogP contribution in [0, 0.1) is 12.8 Å². The summed E-state index contributed by atoms with van der Waals surface area (Å²) < 4.78 is 5.72. The first-order valence-corrected chi connectivity index (χ1v) is 9.68. The maximum absolute atomic E-state index is 12.9. The second kappa shape index (κ2) is 10.5. The standard InChI is InChI=1S/C23H30N2O3/c1-17(2)14-24-23(27)19(4)25(15-20-11-6-5-7-12-20)22(26)16-28-21-13-9-8-10-18(21)3/h5-13,17,19H,14-16H2,1-4H3,(H,24,27)/t19-/m1/s1. The number of nitrogens with zero attached hydrogens (tertiary/aromatic N) is 1. The van der Waals surface area contributed by atoms with E-state index in [1.54, 1.807) is 11.8 Å². The normalized spacial score (nSPS) is 11.8. The van der Waals surface area contributed by atoms with Crippen LogP contribution in [0.4, 0.5) is 0 Å². The summed E-state index contributed by atoms with van der Waals surface area (Å²) in [5.74, 6) is 0.638. The summed E-state index contributed by atoms with van der Waals surface area (Å²) in [5.41, 5.74) is 1.93. The van der Waals surface area contributed by atoms with Gasteiger partial charge in [0.25, 0.3) is 5.91 Å². The average molecular weight is 383 g/mol. The number of nitrogens with one attached hydrogen (secondary N) is 1. The molecule has 0 aromatic heterocycles. The fourth-order valence-corrected chi connectivity index (χ4v) is 2.76. The Morgan fingerprint density at radius 2 is 1.64 bits per heavy atom. The third-order valence-corrected chi connectivity index (χ3v) is 4.49. The fourth-order valence-electron chi connectivity index (χ4n) is 2.76. The van der Waals surface area contributed by atoms with E-state index in [4.69, 9.17) is 4.74 Å². The third-order valence-electron chi connectivity index (χ3n) is 4.49. The highest BCUT2D eigenvalue weighted by Gasteiger charge is 2.26. The number of rotatable bonds is 9. The predicted octanol–water partition coefficient (Wildman–Crippen LogP) is 3.56. The fraction of sp³-hybridized carbons (Fsp3) is 0.391. The molecule has 1 N–H and O–H groups in total. The van der Waals surface area contributed by atoms with Crippen LogP contribution >= 0.6 is 0 Å². The summed E-state index contributed by atoms with van der Waals surface area (Å²) in [4.78, 5) is 27.1. The number of aryl methyl sites for hydroxylation is 1. The maximum Gasteiger partial charge on any atom is 0.261 e. The molecule has 5 heteroatoms. The minimum absolute atomic E-state index is 0.112. The molecular weight excluding hydrogens is 352 g/mol. The minimum Gasteiger partial charge on any atom is -0.484 e. The van der Waals surface area contributed by atoms with Crippen molar-refractivity contribution in [3.05, 3.63) is 65.7 Å². The van der Waals surface area contributed by atoms with E-state index in [1.165, 1.54) is 0 Å². The summed E-state index contributed by atoms with van der Waals surface area (Å²) in [7, 11) is 0. The van der Waals surface area contributed by atoms with Crippen molar-refractivity contribution in [3.63, 3.8) is 0 Å². The number of ether oxygens (including phenoxy) is 1. The van der Waals surface area contributed by atoms with E-state index in [0.717, 1.165) is 11.1 Å². The van der Waals surface area contributed by atoms with Gasteiger partial charge in [-0.15, -0.1) is 0 Å². The van der Waals surface area contributed by atoms with Crippen molar-refractivity contribution >= 4 is 11.8 Å². The summed E-state index contributed by atoms with van der Waals surface area (Å²) in [6.07, 6.45) is 0. The lowest BCUT2D eigenvalue weighted by atomic mass is 10.1. The molecule has 0 saturated carbocycles. The van der Waals surface area contributed by atoms with Gasteiger partial charge >= 0.3 is 0 Å². The Balaban J connectivity index is 2.11. The van der Waals surface area contributed by atoms with Crippen LogP contribution in [-0.4, -0.2) is 35.9 Å². The van der Waals surface area contributed by atoms with Crippen molar-refractivity contribution in [1.82, 2.24) is 10.2 Å². The zero-order valence-electron chi connectivity index (χ0n) is 17.1. The molecule has 0 unspecified atom stereocenters. The Bertz CT molecular complexity index is 774. The number of para-hydroxylation sites is 1. The molecule has 0 saturated heterocycles. The Hall–Kier alpha value is -2.82. The molecule has 2 aromatic carbocycles. The van der Waals surface area contributed by atoms with Crippen LogP contribution < -0.4 is 10.1 Å². The average Bonchev–Trinajstić information content (AvgIpc) is 2.69. The van der Waals surface area contributed by atoms with Crippen molar-refractivity contribution < 1.29 is 14.3 Å². The smallest absolute Gasteiger partial charge is 0.261 e. The van der Waals surface area contributed by atoms with Gasteiger partial charge in [0, 0.05) is 13.1 Å². The van der Waals surface area contributed by atoms with Crippen LogP contribution in [0.15, 0.2) is 54.6 Å². The monoisotopic (exact) mass is 382 g/mol. The van der Waals surface area contributed by atoms with Gasteiger partial charge in [0.15, 0.2) is 6.61 Å². The molecule has 2 amide bonds. The van der Waals surface area contributed by atoms with E-state index < -0.39 is 6.04 Å². The summed E-state index contributed by atoms with van der Waals surface area (Å²) in [6, 6.07) is 16.6. The lowest BCUT2D eigenvalue weighted by Gasteiger charge is -2.29. The molecular formula is C23H30N2O3. The summed E-state index contributed by atoms with van der Waals surface area (Å²) >= 11 is 0.